The average molecular weight is 225 g/mol. The van der Waals surface area contributed by atoms with E-state index in [1.54, 1.807) is 0 Å². The van der Waals surface area contributed by atoms with Crippen molar-refractivity contribution in [2.24, 2.45) is 5.41 Å². The van der Waals surface area contributed by atoms with Gasteiger partial charge in [0.1, 0.15) is 0 Å². The fourth-order valence-corrected chi connectivity index (χ4v) is 2.73. The molecule has 1 saturated carbocycles. The van der Waals surface area contributed by atoms with E-state index < -0.39 is 5.60 Å². The molecule has 0 saturated heterocycles. The molecule has 0 spiro atoms. The van der Waals surface area contributed by atoms with Gasteiger partial charge in [0.2, 0.25) is 0 Å². The highest BCUT2D eigenvalue weighted by atomic mass is 35.5. The Morgan fingerprint density at radius 2 is 2.00 bits per heavy atom. The van der Waals surface area contributed by atoms with Crippen molar-refractivity contribution < 1.29 is 5.11 Å². The van der Waals surface area contributed by atoms with Crippen LogP contribution in [0.25, 0.3) is 0 Å². The topological polar surface area (TPSA) is 20.2 Å². The first kappa shape index (κ1) is 11.0. The molecule has 0 aromatic heterocycles. The fraction of sp³-hybridized carbons (Fsp3) is 0.538. The highest BCUT2D eigenvalue weighted by molar-refractivity contribution is 6.30. The zero-order valence-corrected chi connectivity index (χ0v) is 10.0. The Balaban J connectivity index is 2.31. The lowest BCUT2D eigenvalue weighted by Gasteiger charge is -2.25. The number of hydrogen-bond donors (Lipinski definition) is 1. The second kappa shape index (κ2) is 3.50. The lowest BCUT2D eigenvalue weighted by atomic mass is 9.86. The molecule has 1 atom stereocenters. The molecule has 1 nitrogen and oxygen atoms in total. The smallest absolute Gasteiger partial charge is 0.0902 e. The molecule has 0 bridgehead atoms. The van der Waals surface area contributed by atoms with Crippen LogP contribution >= 0.6 is 11.6 Å². The van der Waals surface area contributed by atoms with Gasteiger partial charge < -0.3 is 5.11 Å². The minimum absolute atomic E-state index is 0.233. The molecular formula is C13H17ClO. The number of aliphatic hydroxyl groups is 1. The Morgan fingerprint density at radius 3 is 2.53 bits per heavy atom. The predicted octanol–water partition coefficient (Wildman–Crippen LogP) is 3.74. The second-order valence-corrected chi connectivity index (χ2v) is 5.82. The van der Waals surface area contributed by atoms with Gasteiger partial charge in [-0.3, -0.25) is 0 Å². The van der Waals surface area contributed by atoms with Crippen LogP contribution in [-0.2, 0) is 5.60 Å². The van der Waals surface area contributed by atoms with Crippen LogP contribution in [-0.4, -0.2) is 5.11 Å². The number of hydrogen-bond acceptors (Lipinski definition) is 1. The Labute approximate surface area is 96.1 Å². The fourth-order valence-electron chi connectivity index (χ4n) is 2.54. The van der Waals surface area contributed by atoms with Crippen LogP contribution in [0.1, 0.15) is 38.7 Å². The number of rotatable bonds is 1. The summed E-state index contributed by atoms with van der Waals surface area (Å²) in [5.41, 5.74) is 0.520. The molecule has 1 aromatic carbocycles. The first-order valence-corrected chi connectivity index (χ1v) is 5.78. The van der Waals surface area contributed by atoms with Gasteiger partial charge in [-0.1, -0.05) is 37.6 Å². The minimum Gasteiger partial charge on any atom is -0.385 e. The van der Waals surface area contributed by atoms with Gasteiger partial charge in [0.15, 0.2) is 0 Å². The molecule has 15 heavy (non-hydrogen) atoms. The molecule has 0 heterocycles. The Kier molecular flexibility index (Phi) is 2.56. The van der Waals surface area contributed by atoms with E-state index in [2.05, 4.69) is 13.8 Å². The minimum atomic E-state index is -0.672. The number of halogens is 1. The van der Waals surface area contributed by atoms with Gasteiger partial charge in [0, 0.05) is 5.02 Å². The summed E-state index contributed by atoms with van der Waals surface area (Å²) in [4.78, 5) is 0. The maximum atomic E-state index is 10.6. The van der Waals surface area contributed by atoms with Crippen LogP contribution in [0.4, 0.5) is 0 Å². The SMILES string of the molecule is CC1(C)CCC(O)(c2cccc(Cl)c2)C1. The average Bonchev–Trinajstić information content (AvgIpc) is 2.42. The monoisotopic (exact) mass is 224 g/mol. The van der Waals surface area contributed by atoms with Gasteiger partial charge in [-0.2, -0.15) is 0 Å². The van der Waals surface area contributed by atoms with Crippen LogP contribution in [0.5, 0.6) is 0 Å². The molecule has 2 rings (SSSR count). The summed E-state index contributed by atoms with van der Waals surface area (Å²) in [5, 5.41) is 11.3. The van der Waals surface area contributed by atoms with Gasteiger partial charge in [0.05, 0.1) is 5.60 Å². The maximum Gasteiger partial charge on any atom is 0.0902 e. The molecule has 0 aliphatic heterocycles. The summed E-state index contributed by atoms with van der Waals surface area (Å²) < 4.78 is 0. The molecule has 1 aliphatic rings. The second-order valence-electron chi connectivity index (χ2n) is 5.38. The quantitative estimate of drug-likeness (QED) is 0.771. The molecule has 0 amide bonds. The number of benzene rings is 1. The first-order valence-electron chi connectivity index (χ1n) is 5.40. The van der Waals surface area contributed by atoms with Crippen molar-refractivity contribution in [1.29, 1.82) is 0 Å². The lowest BCUT2D eigenvalue weighted by Crippen LogP contribution is -2.23. The predicted molar refractivity (Wildman–Crippen MR) is 63.0 cm³/mol. The van der Waals surface area contributed by atoms with Gasteiger partial charge in [-0.25, -0.2) is 0 Å². The van der Waals surface area contributed by atoms with E-state index in [0.717, 1.165) is 24.8 Å². The van der Waals surface area contributed by atoms with Crippen LogP contribution in [0.2, 0.25) is 5.02 Å². The summed E-state index contributed by atoms with van der Waals surface area (Å²) in [6.07, 6.45) is 2.72. The van der Waals surface area contributed by atoms with Gasteiger partial charge >= 0.3 is 0 Å². The third-order valence-corrected chi connectivity index (χ3v) is 3.58. The van der Waals surface area contributed by atoms with E-state index in [9.17, 15) is 5.11 Å². The van der Waals surface area contributed by atoms with Crippen molar-refractivity contribution in [3.8, 4) is 0 Å². The molecule has 1 fully saturated rings. The van der Waals surface area contributed by atoms with E-state index in [-0.39, 0.29) is 5.41 Å². The largest absolute Gasteiger partial charge is 0.385 e. The summed E-state index contributed by atoms with van der Waals surface area (Å²) in [7, 11) is 0. The van der Waals surface area contributed by atoms with Crippen LogP contribution in [0.3, 0.4) is 0 Å². The first-order chi connectivity index (χ1) is 6.91. The van der Waals surface area contributed by atoms with E-state index in [1.807, 2.05) is 24.3 Å². The molecule has 1 aromatic rings. The third kappa shape index (κ3) is 2.19. The zero-order chi connectivity index (χ0) is 11.1. The van der Waals surface area contributed by atoms with Crippen LogP contribution < -0.4 is 0 Å². The van der Waals surface area contributed by atoms with E-state index >= 15 is 0 Å². The third-order valence-electron chi connectivity index (χ3n) is 3.35. The molecule has 1 unspecified atom stereocenters. The summed E-state index contributed by atoms with van der Waals surface area (Å²) in [6, 6.07) is 7.59. The van der Waals surface area contributed by atoms with Gasteiger partial charge in [0.25, 0.3) is 0 Å². The van der Waals surface area contributed by atoms with Crippen molar-refractivity contribution in [3.05, 3.63) is 34.9 Å². The normalized spacial score (nSPS) is 29.3. The molecule has 0 radical (unpaired) electrons. The summed E-state index contributed by atoms with van der Waals surface area (Å²) in [5.74, 6) is 0. The van der Waals surface area contributed by atoms with Crippen molar-refractivity contribution >= 4 is 11.6 Å². The molecule has 82 valence electrons. The highest BCUT2D eigenvalue weighted by Crippen LogP contribution is 2.49. The van der Waals surface area contributed by atoms with E-state index in [1.165, 1.54) is 0 Å². The molecular weight excluding hydrogens is 208 g/mol. The van der Waals surface area contributed by atoms with Crippen molar-refractivity contribution in [3.63, 3.8) is 0 Å². The van der Waals surface area contributed by atoms with E-state index in [0.29, 0.717) is 5.02 Å². The molecule has 2 heteroatoms. The molecule has 1 aliphatic carbocycles. The van der Waals surface area contributed by atoms with Crippen molar-refractivity contribution in [2.45, 2.75) is 38.7 Å². The highest BCUT2D eigenvalue weighted by Gasteiger charge is 2.42. The van der Waals surface area contributed by atoms with Gasteiger partial charge in [-0.05, 0) is 42.4 Å². The van der Waals surface area contributed by atoms with E-state index in [4.69, 9.17) is 11.6 Å². The van der Waals surface area contributed by atoms with Crippen LogP contribution in [0, 0.1) is 5.41 Å². The zero-order valence-electron chi connectivity index (χ0n) is 9.26. The Hall–Kier alpha value is -0.530. The van der Waals surface area contributed by atoms with Gasteiger partial charge in [-0.15, -0.1) is 0 Å². The Morgan fingerprint density at radius 1 is 1.27 bits per heavy atom. The molecule has 1 N–H and O–H groups in total. The lowest BCUT2D eigenvalue weighted by molar-refractivity contribution is 0.0338. The summed E-state index contributed by atoms with van der Waals surface area (Å²) >= 11 is 5.95. The standard InChI is InChI=1S/C13H17ClO/c1-12(2)6-7-13(15,9-12)10-4-3-5-11(14)8-10/h3-5,8,15H,6-7,9H2,1-2H3. The van der Waals surface area contributed by atoms with Crippen LogP contribution in [0.15, 0.2) is 24.3 Å². The Bertz CT molecular complexity index is 373. The van der Waals surface area contributed by atoms with Crippen molar-refractivity contribution in [2.75, 3.05) is 0 Å². The summed E-state index contributed by atoms with van der Waals surface area (Å²) in [6.45, 7) is 4.41. The maximum absolute atomic E-state index is 10.6. The van der Waals surface area contributed by atoms with Crippen molar-refractivity contribution in [1.82, 2.24) is 0 Å².